The van der Waals surface area contributed by atoms with Gasteiger partial charge in [0, 0.05) is 0 Å². The number of hydrogen-bond donors (Lipinski definition) is 0. The van der Waals surface area contributed by atoms with Crippen LogP contribution < -0.4 is 0 Å². The van der Waals surface area contributed by atoms with Crippen molar-refractivity contribution in [2.75, 3.05) is 0 Å². The number of hydrogen-bond acceptors (Lipinski definition) is 1. The SMILES string of the molecule is CC[C@@H](C)OCc1cccc2c1Cc1ccccc1-2. The Bertz CT molecular complexity index is 586. The summed E-state index contributed by atoms with van der Waals surface area (Å²) in [5.41, 5.74) is 7.01. The number of benzene rings is 2. The maximum absolute atomic E-state index is 5.90. The van der Waals surface area contributed by atoms with Gasteiger partial charge in [0.1, 0.15) is 0 Å². The van der Waals surface area contributed by atoms with Gasteiger partial charge in [0.15, 0.2) is 0 Å². The number of ether oxygens (including phenoxy) is 1. The lowest BCUT2D eigenvalue weighted by molar-refractivity contribution is 0.0505. The quantitative estimate of drug-likeness (QED) is 0.660. The molecule has 1 atom stereocenters. The second-order valence-corrected chi connectivity index (χ2v) is 5.31. The van der Waals surface area contributed by atoms with Gasteiger partial charge in [-0.05, 0) is 47.6 Å². The van der Waals surface area contributed by atoms with E-state index in [0.717, 1.165) is 19.4 Å². The van der Waals surface area contributed by atoms with Crippen LogP contribution in [0.2, 0.25) is 0 Å². The van der Waals surface area contributed by atoms with Crippen LogP contribution in [-0.4, -0.2) is 6.10 Å². The zero-order valence-corrected chi connectivity index (χ0v) is 11.6. The van der Waals surface area contributed by atoms with Gasteiger partial charge >= 0.3 is 0 Å². The van der Waals surface area contributed by atoms with Crippen molar-refractivity contribution in [2.24, 2.45) is 0 Å². The molecule has 0 unspecified atom stereocenters. The molecule has 2 aromatic carbocycles. The standard InChI is InChI=1S/C18H20O/c1-3-13(2)19-12-15-8-6-10-17-16-9-5-4-7-14(16)11-18(15)17/h4-10,13H,3,11-12H2,1-2H3/t13-/m1/s1. The van der Waals surface area contributed by atoms with E-state index >= 15 is 0 Å². The first-order valence-electron chi connectivity index (χ1n) is 7.10. The van der Waals surface area contributed by atoms with Crippen LogP contribution in [0.25, 0.3) is 11.1 Å². The van der Waals surface area contributed by atoms with Crippen LogP contribution in [0.3, 0.4) is 0 Å². The van der Waals surface area contributed by atoms with Crippen molar-refractivity contribution in [3.63, 3.8) is 0 Å². The fourth-order valence-electron chi connectivity index (χ4n) is 2.71. The summed E-state index contributed by atoms with van der Waals surface area (Å²) in [5.74, 6) is 0. The molecule has 0 fully saturated rings. The van der Waals surface area contributed by atoms with E-state index in [0.29, 0.717) is 6.10 Å². The molecule has 0 bridgehead atoms. The Labute approximate surface area is 115 Å². The molecule has 1 aliphatic rings. The summed E-state index contributed by atoms with van der Waals surface area (Å²) in [6, 6.07) is 15.3. The molecule has 0 radical (unpaired) electrons. The monoisotopic (exact) mass is 252 g/mol. The number of fused-ring (bicyclic) bond motifs is 3. The van der Waals surface area contributed by atoms with Gasteiger partial charge in [0.05, 0.1) is 12.7 Å². The largest absolute Gasteiger partial charge is 0.374 e. The summed E-state index contributed by atoms with van der Waals surface area (Å²) in [5, 5.41) is 0. The molecule has 19 heavy (non-hydrogen) atoms. The lowest BCUT2D eigenvalue weighted by atomic mass is 10.0. The lowest BCUT2D eigenvalue weighted by Crippen LogP contribution is -2.07. The minimum atomic E-state index is 0.333. The van der Waals surface area contributed by atoms with Gasteiger partial charge in [-0.2, -0.15) is 0 Å². The zero-order valence-electron chi connectivity index (χ0n) is 11.6. The highest BCUT2D eigenvalue weighted by atomic mass is 16.5. The molecule has 0 heterocycles. The fraction of sp³-hybridized carbons (Fsp3) is 0.333. The molecule has 0 saturated carbocycles. The van der Waals surface area contributed by atoms with E-state index in [4.69, 9.17) is 4.74 Å². The molecule has 98 valence electrons. The lowest BCUT2D eigenvalue weighted by Gasteiger charge is -2.13. The van der Waals surface area contributed by atoms with Gasteiger partial charge in [-0.25, -0.2) is 0 Å². The van der Waals surface area contributed by atoms with E-state index in [1.807, 2.05) is 0 Å². The molecule has 0 aromatic heterocycles. The molecule has 2 aromatic rings. The van der Waals surface area contributed by atoms with Crippen LogP contribution in [-0.2, 0) is 17.8 Å². The van der Waals surface area contributed by atoms with Gasteiger partial charge in [-0.15, -0.1) is 0 Å². The third-order valence-corrected chi connectivity index (χ3v) is 4.05. The van der Waals surface area contributed by atoms with Gasteiger partial charge in [-0.3, -0.25) is 0 Å². The van der Waals surface area contributed by atoms with Crippen molar-refractivity contribution >= 4 is 0 Å². The van der Waals surface area contributed by atoms with E-state index in [-0.39, 0.29) is 0 Å². The van der Waals surface area contributed by atoms with Crippen LogP contribution in [0.15, 0.2) is 42.5 Å². The summed E-state index contributed by atoms with van der Waals surface area (Å²) in [6.45, 7) is 5.03. The molecular formula is C18H20O. The molecule has 1 heteroatoms. The highest BCUT2D eigenvalue weighted by Gasteiger charge is 2.20. The van der Waals surface area contributed by atoms with E-state index < -0.39 is 0 Å². The second kappa shape index (κ2) is 5.18. The summed E-state index contributed by atoms with van der Waals surface area (Å²) in [6.07, 6.45) is 2.44. The maximum Gasteiger partial charge on any atom is 0.0723 e. The molecule has 0 amide bonds. The summed E-state index contributed by atoms with van der Waals surface area (Å²) < 4.78 is 5.90. The Morgan fingerprint density at radius 3 is 2.68 bits per heavy atom. The Morgan fingerprint density at radius 1 is 1.05 bits per heavy atom. The predicted octanol–water partition coefficient (Wildman–Crippen LogP) is 4.57. The molecule has 3 rings (SSSR count). The van der Waals surface area contributed by atoms with Crippen molar-refractivity contribution in [3.8, 4) is 11.1 Å². The Morgan fingerprint density at radius 2 is 1.84 bits per heavy atom. The summed E-state index contributed by atoms with van der Waals surface area (Å²) >= 11 is 0. The Kier molecular flexibility index (Phi) is 3.39. The van der Waals surface area contributed by atoms with Crippen molar-refractivity contribution in [2.45, 2.75) is 39.4 Å². The highest BCUT2D eigenvalue weighted by molar-refractivity contribution is 5.77. The molecule has 0 saturated heterocycles. The second-order valence-electron chi connectivity index (χ2n) is 5.31. The molecular weight excluding hydrogens is 232 g/mol. The van der Waals surface area contributed by atoms with E-state index in [9.17, 15) is 0 Å². The first-order valence-corrected chi connectivity index (χ1v) is 7.10. The average Bonchev–Trinajstić information content (AvgIpc) is 2.84. The smallest absolute Gasteiger partial charge is 0.0723 e. The normalized spacial score (nSPS) is 14.0. The maximum atomic E-state index is 5.90. The van der Waals surface area contributed by atoms with Crippen molar-refractivity contribution in [3.05, 3.63) is 59.2 Å². The van der Waals surface area contributed by atoms with E-state index in [1.54, 1.807) is 0 Å². The van der Waals surface area contributed by atoms with Crippen molar-refractivity contribution < 1.29 is 4.74 Å². The average molecular weight is 252 g/mol. The van der Waals surface area contributed by atoms with E-state index in [2.05, 4.69) is 56.3 Å². The predicted molar refractivity (Wildman–Crippen MR) is 79.2 cm³/mol. The van der Waals surface area contributed by atoms with Crippen LogP contribution in [0, 0.1) is 0 Å². The highest BCUT2D eigenvalue weighted by Crippen LogP contribution is 2.38. The molecule has 0 aliphatic heterocycles. The van der Waals surface area contributed by atoms with E-state index in [1.165, 1.54) is 27.8 Å². The van der Waals surface area contributed by atoms with Gasteiger partial charge in [0.25, 0.3) is 0 Å². The van der Waals surface area contributed by atoms with Crippen LogP contribution in [0.1, 0.15) is 37.0 Å². The van der Waals surface area contributed by atoms with Crippen LogP contribution >= 0.6 is 0 Å². The first-order chi connectivity index (χ1) is 9.29. The third kappa shape index (κ3) is 2.31. The van der Waals surface area contributed by atoms with Crippen molar-refractivity contribution in [1.82, 2.24) is 0 Å². The Balaban J connectivity index is 1.90. The molecule has 1 nitrogen and oxygen atoms in total. The molecule has 0 spiro atoms. The van der Waals surface area contributed by atoms with Gasteiger partial charge < -0.3 is 4.74 Å². The molecule has 0 N–H and O–H groups in total. The Hall–Kier alpha value is -1.60. The minimum Gasteiger partial charge on any atom is -0.374 e. The number of rotatable bonds is 4. The minimum absolute atomic E-state index is 0.333. The topological polar surface area (TPSA) is 9.23 Å². The van der Waals surface area contributed by atoms with Gasteiger partial charge in [-0.1, -0.05) is 49.4 Å². The summed E-state index contributed by atoms with van der Waals surface area (Å²) in [7, 11) is 0. The zero-order chi connectivity index (χ0) is 13.2. The summed E-state index contributed by atoms with van der Waals surface area (Å²) in [4.78, 5) is 0. The first kappa shape index (κ1) is 12.4. The third-order valence-electron chi connectivity index (χ3n) is 4.05. The van der Waals surface area contributed by atoms with Gasteiger partial charge in [0.2, 0.25) is 0 Å². The van der Waals surface area contributed by atoms with Crippen LogP contribution in [0.5, 0.6) is 0 Å². The fourth-order valence-corrected chi connectivity index (χ4v) is 2.71. The van der Waals surface area contributed by atoms with Crippen LogP contribution in [0.4, 0.5) is 0 Å². The van der Waals surface area contributed by atoms with Crippen molar-refractivity contribution in [1.29, 1.82) is 0 Å². The molecule has 1 aliphatic carbocycles.